The van der Waals surface area contributed by atoms with Gasteiger partial charge in [0.1, 0.15) is 0 Å². The van der Waals surface area contributed by atoms with Crippen molar-refractivity contribution in [2.75, 3.05) is 31.1 Å². The lowest BCUT2D eigenvalue weighted by molar-refractivity contribution is 0.0954. The molecule has 0 radical (unpaired) electrons. The quantitative estimate of drug-likeness (QED) is 0.652. The molecule has 0 aromatic heterocycles. The lowest BCUT2D eigenvalue weighted by Crippen LogP contribution is -2.27. The van der Waals surface area contributed by atoms with E-state index in [9.17, 15) is 13.2 Å². The van der Waals surface area contributed by atoms with Crippen LogP contribution >= 0.6 is 12.4 Å². The largest absolute Gasteiger partial charge is 0.352 e. The Balaban J connectivity index is 0.00000400. The van der Waals surface area contributed by atoms with E-state index in [0.29, 0.717) is 17.8 Å². The number of aryl methyl sites for hydroxylation is 1. The van der Waals surface area contributed by atoms with E-state index in [2.05, 4.69) is 15.4 Å². The van der Waals surface area contributed by atoms with Crippen LogP contribution < -0.4 is 15.4 Å². The number of benzene rings is 1. The van der Waals surface area contributed by atoms with Crippen molar-refractivity contribution in [1.29, 1.82) is 0 Å². The fraction of sp³-hybridized carbons (Fsp3) is 0.462. The molecule has 0 bridgehead atoms. The van der Waals surface area contributed by atoms with Gasteiger partial charge in [-0.25, -0.2) is 8.42 Å². The first-order valence-electron chi connectivity index (χ1n) is 6.34. The number of sulfonamides is 1. The van der Waals surface area contributed by atoms with Crippen LogP contribution in [0.5, 0.6) is 0 Å². The molecule has 0 aliphatic heterocycles. The highest BCUT2D eigenvalue weighted by molar-refractivity contribution is 7.92. The maximum absolute atomic E-state index is 12.1. The van der Waals surface area contributed by atoms with Gasteiger partial charge in [0, 0.05) is 6.54 Å². The normalized spacial score (nSPS) is 10.6. The van der Waals surface area contributed by atoms with Crippen LogP contribution in [-0.2, 0) is 10.0 Å². The van der Waals surface area contributed by atoms with Crippen LogP contribution in [0.15, 0.2) is 18.2 Å². The van der Waals surface area contributed by atoms with E-state index in [1.165, 1.54) is 0 Å². The molecule has 120 valence electrons. The highest BCUT2D eigenvalue weighted by atomic mass is 35.5. The SMILES string of the molecule is CNCCCNC(=O)c1cc(C)ccc1NS(C)(=O)=O.Cl. The third kappa shape index (κ3) is 7.31. The molecule has 21 heavy (non-hydrogen) atoms. The van der Waals surface area contributed by atoms with Gasteiger partial charge in [0.15, 0.2) is 0 Å². The maximum atomic E-state index is 12.1. The minimum Gasteiger partial charge on any atom is -0.352 e. The fourth-order valence-corrected chi connectivity index (χ4v) is 2.27. The van der Waals surface area contributed by atoms with Crippen LogP contribution in [0.1, 0.15) is 22.3 Å². The van der Waals surface area contributed by atoms with Crippen LogP contribution in [-0.4, -0.2) is 40.7 Å². The molecule has 1 rings (SSSR count). The number of hydrogen-bond donors (Lipinski definition) is 3. The van der Waals surface area contributed by atoms with Crippen molar-refractivity contribution in [3.8, 4) is 0 Å². The Morgan fingerprint density at radius 1 is 1.24 bits per heavy atom. The van der Waals surface area contributed by atoms with Crippen molar-refractivity contribution in [3.63, 3.8) is 0 Å². The summed E-state index contributed by atoms with van der Waals surface area (Å²) in [4.78, 5) is 12.1. The molecule has 1 aromatic rings. The summed E-state index contributed by atoms with van der Waals surface area (Å²) in [5.41, 5.74) is 1.52. The number of amides is 1. The first-order chi connectivity index (χ1) is 9.33. The smallest absolute Gasteiger partial charge is 0.253 e. The minimum absolute atomic E-state index is 0. The predicted octanol–water partition coefficient (Wildman–Crippen LogP) is 1.13. The van der Waals surface area contributed by atoms with E-state index in [4.69, 9.17) is 0 Å². The highest BCUT2D eigenvalue weighted by Crippen LogP contribution is 2.18. The highest BCUT2D eigenvalue weighted by Gasteiger charge is 2.14. The second kappa shape index (κ2) is 8.86. The summed E-state index contributed by atoms with van der Waals surface area (Å²) in [7, 11) is -1.57. The molecule has 0 heterocycles. The third-order valence-electron chi connectivity index (χ3n) is 2.60. The molecule has 0 saturated heterocycles. The van der Waals surface area contributed by atoms with E-state index in [1.54, 1.807) is 18.2 Å². The van der Waals surface area contributed by atoms with E-state index in [-0.39, 0.29) is 18.3 Å². The minimum atomic E-state index is -3.42. The molecule has 0 atom stereocenters. The average molecular weight is 336 g/mol. The molecule has 0 fully saturated rings. The van der Waals surface area contributed by atoms with Crippen LogP contribution in [0.4, 0.5) is 5.69 Å². The third-order valence-corrected chi connectivity index (χ3v) is 3.19. The molecule has 8 heteroatoms. The Labute approximate surface area is 132 Å². The van der Waals surface area contributed by atoms with Crippen molar-refractivity contribution in [2.45, 2.75) is 13.3 Å². The monoisotopic (exact) mass is 335 g/mol. The Morgan fingerprint density at radius 2 is 1.90 bits per heavy atom. The van der Waals surface area contributed by atoms with Crippen LogP contribution in [0.2, 0.25) is 0 Å². The first-order valence-corrected chi connectivity index (χ1v) is 8.24. The van der Waals surface area contributed by atoms with Gasteiger partial charge < -0.3 is 10.6 Å². The van der Waals surface area contributed by atoms with E-state index in [0.717, 1.165) is 24.8 Å². The van der Waals surface area contributed by atoms with Crippen molar-refractivity contribution in [2.24, 2.45) is 0 Å². The Bertz CT molecular complexity index is 576. The standard InChI is InChI=1S/C13H21N3O3S.ClH/c1-10-5-6-12(16-20(3,18)19)11(9-10)13(17)15-8-4-7-14-2;/h5-6,9,14,16H,4,7-8H2,1-3H3,(H,15,17);1H. The number of carbonyl (C=O) groups is 1. The number of nitrogens with one attached hydrogen (secondary N) is 3. The number of anilines is 1. The van der Waals surface area contributed by atoms with Crippen molar-refractivity contribution in [1.82, 2.24) is 10.6 Å². The van der Waals surface area contributed by atoms with E-state index < -0.39 is 10.0 Å². The lowest BCUT2D eigenvalue weighted by Gasteiger charge is -2.12. The molecule has 1 aromatic carbocycles. The van der Waals surface area contributed by atoms with Gasteiger partial charge >= 0.3 is 0 Å². The summed E-state index contributed by atoms with van der Waals surface area (Å²) < 4.78 is 25.0. The zero-order valence-electron chi connectivity index (χ0n) is 12.4. The summed E-state index contributed by atoms with van der Waals surface area (Å²) in [5.74, 6) is -0.282. The molecule has 3 N–H and O–H groups in total. The summed E-state index contributed by atoms with van der Waals surface area (Å²) in [5, 5.41) is 5.76. The second-order valence-corrected chi connectivity index (χ2v) is 6.38. The van der Waals surface area contributed by atoms with Crippen LogP contribution in [0, 0.1) is 6.92 Å². The van der Waals surface area contributed by atoms with Gasteiger partial charge in [-0.1, -0.05) is 11.6 Å². The molecule has 0 spiro atoms. The molecule has 0 aliphatic carbocycles. The molecular weight excluding hydrogens is 314 g/mol. The van der Waals surface area contributed by atoms with Gasteiger partial charge in [-0.15, -0.1) is 12.4 Å². The van der Waals surface area contributed by atoms with Crippen molar-refractivity contribution < 1.29 is 13.2 Å². The summed E-state index contributed by atoms with van der Waals surface area (Å²) in [6.07, 6.45) is 1.87. The zero-order valence-corrected chi connectivity index (χ0v) is 14.0. The van der Waals surface area contributed by atoms with Crippen LogP contribution in [0.25, 0.3) is 0 Å². The number of carbonyl (C=O) groups excluding carboxylic acids is 1. The van der Waals surface area contributed by atoms with Gasteiger partial charge in [-0.05, 0) is 39.1 Å². The number of rotatable bonds is 7. The van der Waals surface area contributed by atoms with Gasteiger partial charge in [-0.2, -0.15) is 0 Å². The molecule has 0 saturated carbocycles. The Kier molecular flexibility index (Phi) is 8.31. The van der Waals surface area contributed by atoms with Crippen LogP contribution in [0.3, 0.4) is 0 Å². The van der Waals surface area contributed by atoms with E-state index in [1.807, 2.05) is 14.0 Å². The number of halogens is 1. The lowest BCUT2D eigenvalue weighted by atomic mass is 10.1. The first kappa shape index (κ1) is 19.7. The molecule has 0 aliphatic rings. The molecular formula is C13H22ClN3O3S. The Morgan fingerprint density at radius 3 is 2.48 bits per heavy atom. The van der Waals surface area contributed by atoms with Gasteiger partial charge in [0.25, 0.3) is 5.91 Å². The Hall–Kier alpha value is -1.31. The summed E-state index contributed by atoms with van der Waals surface area (Å²) in [6, 6.07) is 5.02. The second-order valence-electron chi connectivity index (χ2n) is 4.64. The topological polar surface area (TPSA) is 87.3 Å². The summed E-state index contributed by atoms with van der Waals surface area (Å²) >= 11 is 0. The fourth-order valence-electron chi connectivity index (χ4n) is 1.70. The molecule has 0 unspecified atom stereocenters. The molecule has 6 nitrogen and oxygen atoms in total. The van der Waals surface area contributed by atoms with Gasteiger partial charge in [0.05, 0.1) is 17.5 Å². The van der Waals surface area contributed by atoms with Gasteiger partial charge in [-0.3, -0.25) is 9.52 Å². The average Bonchev–Trinajstić information content (AvgIpc) is 2.35. The number of hydrogen-bond acceptors (Lipinski definition) is 4. The summed E-state index contributed by atoms with van der Waals surface area (Å²) in [6.45, 7) is 3.19. The van der Waals surface area contributed by atoms with E-state index >= 15 is 0 Å². The zero-order chi connectivity index (χ0) is 15.2. The van der Waals surface area contributed by atoms with Crippen molar-refractivity contribution in [3.05, 3.63) is 29.3 Å². The maximum Gasteiger partial charge on any atom is 0.253 e. The van der Waals surface area contributed by atoms with Crippen molar-refractivity contribution >= 4 is 34.0 Å². The molecule has 1 amide bonds. The van der Waals surface area contributed by atoms with Gasteiger partial charge in [0.2, 0.25) is 10.0 Å². The predicted molar refractivity (Wildman–Crippen MR) is 87.8 cm³/mol.